The van der Waals surface area contributed by atoms with Crippen LogP contribution in [0.2, 0.25) is 0 Å². The number of carbonyl (C=O) groups is 2. The van der Waals surface area contributed by atoms with Crippen LogP contribution in [0, 0.1) is 13.8 Å². The Morgan fingerprint density at radius 1 is 1.28 bits per heavy atom. The topological polar surface area (TPSA) is 78.0 Å². The lowest BCUT2D eigenvalue weighted by Crippen LogP contribution is -2.42. The van der Waals surface area contributed by atoms with E-state index in [4.69, 9.17) is 14.2 Å². The number of benzene rings is 1. The number of hydrogen-bond donors (Lipinski definition) is 0. The quantitative estimate of drug-likeness (QED) is 0.458. The second kappa shape index (κ2) is 9.84. The lowest BCUT2D eigenvalue weighted by Gasteiger charge is -2.29. The van der Waals surface area contributed by atoms with Crippen LogP contribution in [0.3, 0.4) is 0 Å². The molecule has 2 aromatic rings. The summed E-state index contributed by atoms with van der Waals surface area (Å²) in [4.78, 5) is 31.7. The molecule has 156 valence electrons. The number of ether oxygens (including phenoxy) is 3. The Morgan fingerprint density at radius 3 is 2.83 bits per heavy atom. The number of fused-ring (bicyclic) bond motifs is 1. The molecule has 7 nitrogen and oxygen atoms in total. The van der Waals surface area contributed by atoms with Crippen molar-refractivity contribution in [2.24, 2.45) is 0 Å². The summed E-state index contributed by atoms with van der Waals surface area (Å²) in [6.07, 6.45) is 2.04. The first-order valence-electron chi connectivity index (χ1n) is 9.74. The summed E-state index contributed by atoms with van der Waals surface area (Å²) < 4.78 is 16.1. The molecule has 2 heterocycles. The Kier molecular flexibility index (Phi) is 7.22. The van der Waals surface area contributed by atoms with Crippen molar-refractivity contribution in [3.63, 3.8) is 0 Å². The number of thiazole rings is 1. The third-order valence-corrected chi connectivity index (χ3v) is 5.39. The average molecular weight is 419 g/mol. The lowest BCUT2D eigenvalue weighted by molar-refractivity contribution is -0.144. The Labute approximate surface area is 174 Å². The molecule has 0 saturated carbocycles. The molecule has 29 heavy (non-hydrogen) atoms. The van der Waals surface area contributed by atoms with Crippen LogP contribution in [0.1, 0.15) is 29.7 Å². The molecule has 1 aliphatic rings. The number of aryl methyl sites for hydroxylation is 2. The fraction of sp³-hybridized carbons (Fsp3) is 0.476. The normalized spacial score (nSPS) is 13.2. The molecule has 0 unspecified atom stereocenters. The summed E-state index contributed by atoms with van der Waals surface area (Å²) in [5, 5.41) is 0.976. The van der Waals surface area contributed by atoms with E-state index in [-0.39, 0.29) is 25.7 Å². The molecular weight excluding hydrogens is 392 g/mol. The van der Waals surface area contributed by atoms with Crippen molar-refractivity contribution in [1.82, 2.24) is 4.98 Å². The third-order valence-electron chi connectivity index (χ3n) is 4.50. The third kappa shape index (κ3) is 5.33. The summed E-state index contributed by atoms with van der Waals surface area (Å²) in [6, 6.07) is 5.57. The number of carbonyl (C=O) groups excluding carboxylic acids is 2. The van der Waals surface area contributed by atoms with Gasteiger partial charge in [0.05, 0.1) is 23.0 Å². The molecule has 3 rings (SSSR count). The van der Waals surface area contributed by atoms with Crippen LogP contribution in [0.25, 0.3) is 11.3 Å². The highest BCUT2D eigenvalue weighted by molar-refractivity contribution is 7.11. The van der Waals surface area contributed by atoms with Gasteiger partial charge >= 0.3 is 5.97 Å². The average Bonchev–Trinajstić information content (AvgIpc) is 3.04. The van der Waals surface area contributed by atoms with Crippen LogP contribution < -0.4 is 9.64 Å². The highest BCUT2D eigenvalue weighted by atomic mass is 32.1. The van der Waals surface area contributed by atoms with Gasteiger partial charge in [-0.2, -0.15) is 0 Å². The zero-order valence-electron chi connectivity index (χ0n) is 17.0. The molecule has 1 amide bonds. The number of esters is 1. The van der Waals surface area contributed by atoms with Gasteiger partial charge in [0.2, 0.25) is 0 Å². The van der Waals surface area contributed by atoms with Crippen LogP contribution in [0.5, 0.6) is 5.75 Å². The van der Waals surface area contributed by atoms with E-state index in [9.17, 15) is 9.59 Å². The first-order chi connectivity index (χ1) is 14.0. The highest BCUT2D eigenvalue weighted by Crippen LogP contribution is 2.37. The minimum Gasteiger partial charge on any atom is -0.482 e. The van der Waals surface area contributed by atoms with E-state index in [0.29, 0.717) is 24.7 Å². The highest BCUT2D eigenvalue weighted by Gasteiger charge is 2.28. The molecule has 1 aromatic carbocycles. The molecule has 1 aliphatic heterocycles. The number of nitrogens with zero attached hydrogens (tertiary/aromatic N) is 2. The van der Waals surface area contributed by atoms with E-state index in [1.807, 2.05) is 32.0 Å². The standard InChI is InChI=1S/C21H26N2O5S/c1-4-5-8-26-9-10-27-20(25)12-23-17-11-16(21-14(2)29-15(3)22-21)6-7-18(17)28-13-19(23)24/h6-7,11H,4-5,8-10,12-13H2,1-3H3. The largest absolute Gasteiger partial charge is 0.482 e. The van der Waals surface area contributed by atoms with Gasteiger partial charge in [0.1, 0.15) is 18.9 Å². The molecule has 0 aliphatic carbocycles. The summed E-state index contributed by atoms with van der Waals surface area (Å²) in [5.41, 5.74) is 2.31. The van der Waals surface area contributed by atoms with Crippen LogP contribution in [-0.4, -0.2) is 49.8 Å². The lowest BCUT2D eigenvalue weighted by atomic mass is 10.1. The van der Waals surface area contributed by atoms with Crippen molar-refractivity contribution in [2.45, 2.75) is 33.6 Å². The molecular formula is C21H26N2O5S. The van der Waals surface area contributed by atoms with Crippen molar-refractivity contribution < 1.29 is 23.8 Å². The van der Waals surface area contributed by atoms with Crippen molar-refractivity contribution in [3.05, 3.63) is 28.1 Å². The number of aromatic nitrogens is 1. The maximum absolute atomic E-state index is 12.4. The van der Waals surface area contributed by atoms with Gasteiger partial charge in [0.25, 0.3) is 5.91 Å². The summed E-state index contributed by atoms with van der Waals surface area (Å²) in [5.74, 6) is -0.193. The maximum Gasteiger partial charge on any atom is 0.326 e. The number of rotatable bonds is 9. The fourth-order valence-electron chi connectivity index (χ4n) is 3.06. The van der Waals surface area contributed by atoms with Crippen molar-refractivity contribution >= 4 is 28.9 Å². The Bertz CT molecular complexity index is 880. The van der Waals surface area contributed by atoms with Gasteiger partial charge in [0.15, 0.2) is 6.61 Å². The molecule has 0 N–H and O–H groups in total. The van der Waals surface area contributed by atoms with Crippen LogP contribution in [-0.2, 0) is 19.1 Å². The second-order valence-electron chi connectivity index (χ2n) is 6.78. The smallest absolute Gasteiger partial charge is 0.326 e. The first kappa shape index (κ1) is 21.3. The van der Waals surface area contributed by atoms with Crippen LogP contribution >= 0.6 is 11.3 Å². The summed E-state index contributed by atoms with van der Waals surface area (Å²) in [7, 11) is 0. The van der Waals surface area contributed by atoms with Gasteiger partial charge in [0, 0.05) is 17.0 Å². The number of anilines is 1. The number of hydrogen-bond acceptors (Lipinski definition) is 7. The van der Waals surface area contributed by atoms with Crippen LogP contribution in [0.15, 0.2) is 18.2 Å². The molecule has 0 bridgehead atoms. The minimum atomic E-state index is -0.476. The molecule has 0 saturated heterocycles. The van der Waals surface area contributed by atoms with Gasteiger partial charge < -0.3 is 14.2 Å². The van der Waals surface area contributed by atoms with Gasteiger partial charge in [-0.15, -0.1) is 11.3 Å². The molecule has 0 radical (unpaired) electrons. The van der Waals surface area contributed by atoms with E-state index in [0.717, 1.165) is 34.0 Å². The summed E-state index contributed by atoms with van der Waals surface area (Å²) >= 11 is 1.62. The SMILES string of the molecule is CCCCOCCOC(=O)CN1C(=O)COc2ccc(-c3nc(C)sc3C)cc21. The Morgan fingerprint density at radius 2 is 2.10 bits per heavy atom. The van der Waals surface area contributed by atoms with E-state index in [2.05, 4.69) is 11.9 Å². The predicted octanol–water partition coefficient (Wildman–Crippen LogP) is 3.51. The fourth-order valence-corrected chi connectivity index (χ4v) is 3.90. The number of unbranched alkanes of at least 4 members (excludes halogenated alkanes) is 1. The van der Waals surface area contributed by atoms with Crippen molar-refractivity contribution in [1.29, 1.82) is 0 Å². The van der Waals surface area contributed by atoms with Gasteiger partial charge in [-0.05, 0) is 38.5 Å². The zero-order valence-corrected chi connectivity index (χ0v) is 17.8. The van der Waals surface area contributed by atoms with E-state index in [1.165, 1.54) is 4.90 Å². The maximum atomic E-state index is 12.4. The van der Waals surface area contributed by atoms with E-state index in [1.54, 1.807) is 11.3 Å². The van der Waals surface area contributed by atoms with Crippen LogP contribution in [0.4, 0.5) is 5.69 Å². The predicted molar refractivity (Wildman–Crippen MR) is 112 cm³/mol. The van der Waals surface area contributed by atoms with E-state index < -0.39 is 5.97 Å². The summed E-state index contributed by atoms with van der Waals surface area (Å²) in [6.45, 7) is 6.97. The Balaban J connectivity index is 1.69. The zero-order chi connectivity index (χ0) is 20.8. The van der Waals surface area contributed by atoms with E-state index >= 15 is 0 Å². The molecule has 0 fully saturated rings. The molecule has 8 heteroatoms. The first-order valence-corrected chi connectivity index (χ1v) is 10.6. The second-order valence-corrected chi connectivity index (χ2v) is 8.18. The molecule has 0 atom stereocenters. The molecule has 1 aromatic heterocycles. The van der Waals surface area contributed by atoms with Crippen molar-refractivity contribution in [3.8, 4) is 17.0 Å². The van der Waals surface area contributed by atoms with Gasteiger partial charge in [-0.3, -0.25) is 14.5 Å². The van der Waals surface area contributed by atoms with Gasteiger partial charge in [-0.25, -0.2) is 4.98 Å². The minimum absolute atomic E-state index is 0.103. The number of amides is 1. The van der Waals surface area contributed by atoms with Crippen molar-refractivity contribution in [2.75, 3.05) is 37.9 Å². The van der Waals surface area contributed by atoms with Gasteiger partial charge in [-0.1, -0.05) is 13.3 Å². The monoisotopic (exact) mass is 418 g/mol. The molecule has 0 spiro atoms. The Hall–Kier alpha value is -2.45.